The Labute approximate surface area is 165 Å². The molecule has 0 aromatic carbocycles. The summed E-state index contributed by atoms with van der Waals surface area (Å²) >= 11 is 1.53. The summed E-state index contributed by atoms with van der Waals surface area (Å²) in [6, 6.07) is 0. The van der Waals surface area contributed by atoms with Gasteiger partial charge >= 0.3 is 0 Å². The van der Waals surface area contributed by atoms with E-state index in [9.17, 15) is 0 Å². The third kappa shape index (κ3) is 4.33. The van der Waals surface area contributed by atoms with Gasteiger partial charge in [0.15, 0.2) is 0 Å². The van der Waals surface area contributed by atoms with Gasteiger partial charge in [-0.3, -0.25) is 10.00 Å². The molecule has 0 radical (unpaired) electrons. The van der Waals surface area contributed by atoms with Crippen LogP contribution in [0.4, 0.5) is 5.13 Å². The average Bonchev–Trinajstić information content (AvgIpc) is 3.32. The van der Waals surface area contributed by atoms with Crippen LogP contribution in [0.3, 0.4) is 0 Å². The SMILES string of the molecule is CC(C)(C)c1nsc(N2CCCC(c3[nH]ncc3CN3CCOCC3)C2)n1. The number of aromatic nitrogens is 4. The first-order valence-corrected chi connectivity index (χ1v) is 10.7. The van der Waals surface area contributed by atoms with E-state index in [1.165, 1.54) is 35.6 Å². The maximum atomic E-state index is 5.47. The highest BCUT2D eigenvalue weighted by atomic mass is 32.1. The Morgan fingerprint density at radius 3 is 2.81 bits per heavy atom. The van der Waals surface area contributed by atoms with Gasteiger partial charge in [-0.2, -0.15) is 9.47 Å². The molecular weight excluding hydrogens is 360 g/mol. The molecule has 4 heterocycles. The third-order valence-corrected chi connectivity index (χ3v) is 6.21. The van der Waals surface area contributed by atoms with Crippen molar-refractivity contribution in [2.75, 3.05) is 44.3 Å². The van der Waals surface area contributed by atoms with Crippen LogP contribution in [-0.4, -0.2) is 63.8 Å². The number of anilines is 1. The average molecular weight is 391 g/mol. The first-order valence-electron chi connectivity index (χ1n) is 9.92. The largest absolute Gasteiger partial charge is 0.379 e. The molecule has 2 aromatic rings. The molecule has 148 valence electrons. The van der Waals surface area contributed by atoms with E-state index >= 15 is 0 Å². The van der Waals surface area contributed by atoms with Gasteiger partial charge < -0.3 is 9.64 Å². The molecule has 8 heteroatoms. The fraction of sp³-hybridized carbons (Fsp3) is 0.737. The van der Waals surface area contributed by atoms with Crippen molar-refractivity contribution < 1.29 is 4.74 Å². The van der Waals surface area contributed by atoms with Crippen LogP contribution in [0.15, 0.2) is 6.20 Å². The maximum Gasteiger partial charge on any atom is 0.205 e. The number of hydrogen-bond donors (Lipinski definition) is 1. The number of morpholine rings is 1. The smallest absolute Gasteiger partial charge is 0.205 e. The summed E-state index contributed by atoms with van der Waals surface area (Å²) in [5, 5.41) is 8.72. The summed E-state index contributed by atoms with van der Waals surface area (Å²) in [6.45, 7) is 13.2. The normalized spacial score (nSPS) is 22.3. The van der Waals surface area contributed by atoms with E-state index < -0.39 is 0 Å². The van der Waals surface area contributed by atoms with Crippen LogP contribution in [0.5, 0.6) is 0 Å². The zero-order valence-corrected chi connectivity index (χ0v) is 17.4. The fourth-order valence-corrected chi connectivity index (χ4v) is 4.73. The van der Waals surface area contributed by atoms with Crippen LogP contribution in [0.25, 0.3) is 0 Å². The zero-order chi connectivity index (χ0) is 18.9. The topological polar surface area (TPSA) is 70.2 Å². The van der Waals surface area contributed by atoms with Gasteiger partial charge in [-0.1, -0.05) is 20.8 Å². The van der Waals surface area contributed by atoms with Gasteiger partial charge in [-0.05, 0) is 12.8 Å². The highest BCUT2D eigenvalue weighted by Crippen LogP contribution is 2.33. The highest BCUT2D eigenvalue weighted by molar-refractivity contribution is 7.09. The summed E-state index contributed by atoms with van der Waals surface area (Å²) in [6.07, 6.45) is 4.37. The van der Waals surface area contributed by atoms with Gasteiger partial charge in [0.1, 0.15) is 5.82 Å². The molecule has 0 saturated carbocycles. The number of nitrogens with zero attached hydrogens (tertiary/aromatic N) is 5. The van der Waals surface area contributed by atoms with Crippen molar-refractivity contribution in [2.45, 2.75) is 51.5 Å². The molecule has 4 rings (SSSR count). The van der Waals surface area contributed by atoms with Crippen LogP contribution in [0, 0.1) is 0 Å². The molecule has 0 amide bonds. The highest BCUT2D eigenvalue weighted by Gasteiger charge is 2.28. The molecular formula is C19H30N6OS. The molecule has 0 aliphatic carbocycles. The van der Waals surface area contributed by atoms with Crippen LogP contribution in [0.1, 0.15) is 56.6 Å². The molecule has 1 N–H and O–H groups in total. The minimum absolute atomic E-state index is 0.00135. The molecule has 0 bridgehead atoms. The number of rotatable bonds is 4. The first-order chi connectivity index (χ1) is 13.0. The molecule has 7 nitrogen and oxygen atoms in total. The van der Waals surface area contributed by atoms with Crippen LogP contribution < -0.4 is 4.90 Å². The fourth-order valence-electron chi connectivity index (χ4n) is 3.84. The Bertz CT molecular complexity index is 745. The van der Waals surface area contributed by atoms with Gasteiger partial charge in [0, 0.05) is 66.8 Å². The lowest BCUT2D eigenvalue weighted by Gasteiger charge is -2.33. The summed E-state index contributed by atoms with van der Waals surface area (Å²) in [5.74, 6) is 1.42. The Hall–Kier alpha value is -1.51. The number of H-pyrrole nitrogens is 1. The quantitative estimate of drug-likeness (QED) is 0.866. The minimum atomic E-state index is -0.00135. The van der Waals surface area contributed by atoms with E-state index in [4.69, 9.17) is 9.72 Å². The molecule has 2 fully saturated rings. The standard InChI is InChI=1S/C19H30N6OS/c1-19(2,3)17-21-18(27-23-17)25-6-4-5-14(13-25)16-15(11-20-22-16)12-24-7-9-26-10-8-24/h11,14H,4-10,12-13H2,1-3H3,(H,20,22). The van der Waals surface area contributed by atoms with Gasteiger partial charge in [-0.15, -0.1) is 0 Å². The third-order valence-electron chi connectivity index (χ3n) is 5.44. The predicted molar refractivity (Wildman–Crippen MR) is 107 cm³/mol. The molecule has 0 spiro atoms. The second kappa shape index (κ2) is 7.85. The Morgan fingerprint density at radius 2 is 2.07 bits per heavy atom. The van der Waals surface area contributed by atoms with Gasteiger partial charge in [0.05, 0.1) is 19.4 Å². The summed E-state index contributed by atoms with van der Waals surface area (Å²) in [5.41, 5.74) is 2.63. The van der Waals surface area contributed by atoms with Crippen molar-refractivity contribution in [3.63, 3.8) is 0 Å². The van der Waals surface area contributed by atoms with E-state index in [-0.39, 0.29) is 5.41 Å². The zero-order valence-electron chi connectivity index (χ0n) is 16.6. The van der Waals surface area contributed by atoms with E-state index in [2.05, 4.69) is 45.1 Å². The van der Waals surface area contributed by atoms with Crippen LogP contribution in [-0.2, 0) is 16.7 Å². The number of aromatic amines is 1. The van der Waals surface area contributed by atoms with Gasteiger partial charge in [-0.25, -0.2) is 4.98 Å². The Balaban J connectivity index is 1.46. The van der Waals surface area contributed by atoms with Gasteiger partial charge in [0.2, 0.25) is 5.13 Å². The van der Waals surface area contributed by atoms with Crippen molar-refractivity contribution in [1.82, 2.24) is 24.5 Å². The van der Waals surface area contributed by atoms with Crippen molar-refractivity contribution >= 4 is 16.7 Å². The molecule has 1 unspecified atom stereocenters. The maximum absolute atomic E-state index is 5.47. The van der Waals surface area contributed by atoms with E-state index in [0.717, 1.165) is 56.9 Å². The Morgan fingerprint density at radius 1 is 1.26 bits per heavy atom. The lowest BCUT2D eigenvalue weighted by atomic mass is 9.92. The first kappa shape index (κ1) is 18.8. The van der Waals surface area contributed by atoms with Crippen LogP contribution >= 0.6 is 11.5 Å². The number of hydrogen-bond acceptors (Lipinski definition) is 7. The van der Waals surface area contributed by atoms with Crippen molar-refractivity contribution in [1.29, 1.82) is 0 Å². The van der Waals surface area contributed by atoms with Crippen molar-refractivity contribution in [3.8, 4) is 0 Å². The summed E-state index contributed by atoms with van der Waals surface area (Å²) < 4.78 is 10.1. The summed E-state index contributed by atoms with van der Waals surface area (Å²) in [7, 11) is 0. The molecule has 2 saturated heterocycles. The lowest BCUT2D eigenvalue weighted by molar-refractivity contribution is 0.0340. The van der Waals surface area contributed by atoms with Crippen molar-refractivity contribution in [3.05, 3.63) is 23.3 Å². The van der Waals surface area contributed by atoms with E-state index in [0.29, 0.717) is 5.92 Å². The predicted octanol–water partition coefficient (Wildman–Crippen LogP) is 2.77. The minimum Gasteiger partial charge on any atom is -0.379 e. The van der Waals surface area contributed by atoms with E-state index in [1.54, 1.807) is 0 Å². The summed E-state index contributed by atoms with van der Waals surface area (Å²) in [4.78, 5) is 9.68. The molecule has 2 aromatic heterocycles. The number of piperidine rings is 1. The molecule has 2 aliphatic rings. The van der Waals surface area contributed by atoms with Crippen molar-refractivity contribution in [2.24, 2.45) is 0 Å². The number of nitrogens with one attached hydrogen (secondary N) is 1. The molecule has 27 heavy (non-hydrogen) atoms. The Kier molecular flexibility index (Phi) is 5.48. The second-order valence-electron chi connectivity index (χ2n) is 8.63. The molecule has 1 atom stereocenters. The second-order valence-corrected chi connectivity index (χ2v) is 9.36. The van der Waals surface area contributed by atoms with Crippen LogP contribution in [0.2, 0.25) is 0 Å². The monoisotopic (exact) mass is 390 g/mol. The van der Waals surface area contributed by atoms with Gasteiger partial charge in [0.25, 0.3) is 0 Å². The van der Waals surface area contributed by atoms with E-state index in [1.807, 2.05) is 6.20 Å². The lowest BCUT2D eigenvalue weighted by Crippen LogP contribution is -2.37. The number of ether oxygens (including phenoxy) is 1. The molecule has 2 aliphatic heterocycles.